The topological polar surface area (TPSA) is 92.8 Å². The Labute approximate surface area is 159 Å². The molecule has 0 spiro atoms. The van der Waals surface area contributed by atoms with Crippen LogP contribution < -0.4 is 5.32 Å². The fourth-order valence-corrected chi connectivity index (χ4v) is 6.41. The molecule has 7 nitrogen and oxygen atoms in total. The largest absolute Gasteiger partial charge is 0.465 e. The first kappa shape index (κ1) is 19.0. The summed E-state index contributed by atoms with van der Waals surface area (Å²) in [6.07, 6.45) is 1.92. The smallest absolute Gasteiger partial charge is 0.340 e. The molecule has 1 atom stereocenters. The van der Waals surface area contributed by atoms with Gasteiger partial charge in [-0.05, 0) is 35.7 Å². The molecule has 0 unspecified atom stereocenters. The van der Waals surface area contributed by atoms with Gasteiger partial charge in [0.25, 0.3) is 10.0 Å². The number of carbonyl (C=O) groups is 2. The summed E-state index contributed by atoms with van der Waals surface area (Å²) in [6, 6.07) is 3.97. The van der Waals surface area contributed by atoms with E-state index < -0.39 is 27.9 Å². The summed E-state index contributed by atoms with van der Waals surface area (Å²) >= 11 is 2.32. The highest BCUT2D eigenvalue weighted by Crippen LogP contribution is 2.30. The SMILES string of the molecule is COC(=O)c1ccsc1NC(=O)[C@@H]1CCCCN1S(=O)(=O)c1cccs1. The summed E-state index contributed by atoms with van der Waals surface area (Å²) in [6.45, 7) is 0.298. The van der Waals surface area contributed by atoms with Gasteiger partial charge in [0.05, 0.1) is 12.7 Å². The fourth-order valence-electron chi connectivity index (χ4n) is 2.85. The van der Waals surface area contributed by atoms with Gasteiger partial charge >= 0.3 is 5.97 Å². The predicted molar refractivity (Wildman–Crippen MR) is 100 cm³/mol. The zero-order chi connectivity index (χ0) is 18.7. The van der Waals surface area contributed by atoms with Crippen LogP contribution >= 0.6 is 22.7 Å². The number of hydrogen-bond acceptors (Lipinski definition) is 7. The van der Waals surface area contributed by atoms with E-state index in [2.05, 4.69) is 5.32 Å². The first-order valence-electron chi connectivity index (χ1n) is 7.97. The Balaban J connectivity index is 1.83. The number of nitrogens with one attached hydrogen (secondary N) is 1. The molecule has 1 N–H and O–H groups in total. The lowest BCUT2D eigenvalue weighted by Gasteiger charge is -2.33. The highest BCUT2D eigenvalue weighted by molar-refractivity contribution is 7.91. The second-order valence-electron chi connectivity index (χ2n) is 5.70. The molecule has 1 fully saturated rings. The number of piperidine rings is 1. The Morgan fingerprint density at radius 1 is 1.23 bits per heavy atom. The highest BCUT2D eigenvalue weighted by Gasteiger charge is 2.38. The molecule has 0 aromatic carbocycles. The third-order valence-electron chi connectivity index (χ3n) is 4.12. The van der Waals surface area contributed by atoms with E-state index in [0.29, 0.717) is 24.4 Å². The number of anilines is 1. The minimum Gasteiger partial charge on any atom is -0.465 e. The van der Waals surface area contributed by atoms with E-state index in [4.69, 9.17) is 4.74 Å². The Hall–Kier alpha value is -1.75. The number of rotatable bonds is 5. The van der Waals surface area contributed by atoms with Crippen molar-refractivity contribution in [2.75, 3.05) is 19.0 Å². The lowest BCUT2D eigenvalue weighted by atomic mass is 10.0. The molecule has 26 heavy (non-hydrogen) atoms. The van der Waals surface area contributed by atoms with Crippen molar-refractivity contribution in [1.82, 2.24) is 4.31 Å². The summed E-state index contributed by atoms with van der Waals surface area (Å²) in [5.74, 6) is -0.981. The summed E-state index contributed by atoms with van der Waals surface area (Å²) in [7, 11) is -2.45. The zero-order valence-electron chi connectivity index (χ0n) is 14.0. The number of thiophene rings is 2. The first-order chi connectivity index (χ1) is 12.4. The van der Waals surface area contributed by atoms with E-state index >= 15 is 0 Å². The molecule has 1 aliphatic heterocycles. The van der Waals surface area contributed by atoms with Gasteiger partial charge < -0.3 is 10.1 Å². The van der Waals surface area contributed by atoms with Crippen LogP contribution in [0.25, 0.3) is 0 Å². The lowest BCUT2D eigenvalue weighted by Crippen LogP contribution is -2.49. The fraction of sp³-hybridized carbons (Fsp3) is 0.375. The molecule has 1 aliphatic rings. The minimum absolute atomic E-state index is 0.226. The van der Waals surface area contributed by atoms with Gasteiger partial charge in [-0.1, -0.05) is 12.5 Å². The predicted octanol–water partition coefficient (Wildman–Crippen LogP) is 2.78. The van der Waals surface area contributed by atoms with Crippen molar-refractivity contribution in [1.29, 1.82) is 0 Å². The second kappa shape index (κ2) is 7.87. The van der Waals surface area contributed by atoms with Crippen LogP contribution in [-0.2, 0) is 19.6 Å². The monoisotopic (exact) mass is 414 g/mol. The summed E-state index contributed by atoms with van der Waals surface area (Å²) in [4.78, 5) is 24.6. The molecule has 10 heteroatoms. The molecule has 1 saturated heterocycles. The number of esters is 1. The van der Waals surface area contributed by atoms with E-state index in [9.17, 15) is 18.0 Å². The van der Waals surface area contributed by atoms with E-state index in [-0.39, 0.29) is 9.77 Å². The average molecular weight is 415 g/mol. The summed E-state index contributed by atoms with van der Waals surface area (Å²) < 4.78 is 31.9. The van der Waals surface area contributed by atoms with Crippen LogP contribution in [0.1, 0.15) is 29.6 Å². The number of methoxy groups -OCH3 is 1. The molecule has 2 aromatic rings. The lowest BCUT2D eigenvalue weighted by molar-refractivity contribution is -0.120. The average Bonchev–Trinajstić information content (AvgIpc) is 3.33. The Morgan fingerprint density at radius 3 is 2.73 bits per heavy atom. The van der Waals surface area contributed by atoms with Gasteiger partial charge in [0.2, 0.25) is 5.91 Å². The van der Waals surface area contributed by atoms with Crippen LogP contribution in [0.3, 0.4) is 0 Å². The zero-order valence-corrected chi connectivity index (χ0v) is 16.5. The maximum Gasteiger partial charge on any atom is 0.340 e. The van der Waals surface area contributed by atoms with E-state index in [1.165, 1.54) is 28.8 Å². The Bertz CT molecular complexity index is 889. The molecule has 0 radical (unpaired) electrons. The maximum absolute atomic E-state index is 12.9. The van der Waals surface area contributed by atoms with Crippen molar-refractivity contribution in [2.24, 2.45) is 0 Å². The van der Waals surface area contributed by atoms with Gasteiger partial charge in [0.15, 0.2) is 0 Å². The van der Waals surface area contributed by atoms with Crippen LogP contribution in [0.2, 0.25) is 0 Å². The van der Waals surface area contributed by atoms with Crippen molar-refractivity contribution in [3.63, 3.8) is 0 Å². The van der Waals surface area contributed by atoms with Crippen molar-refractivity contribution >= 4 is 49.6 Å². The molecule has 1 amide bonds. The van der Waals surface area contributed by atoms with Gasteiger partial charge in [-0.3, -0.25) is 4.79 Å². The number of ether oxygens (including phenoxy) is 1. The molecule has 2 aromatic heterocycles. The Morgan fingerprint density at radius 2 is 2.04 bits per heavy atom. The number of nitrogens with zero attached hydrogens (tertiary/aromatic N) is 1. The minimum atomic E-state index is -3.72. The van der Waals surface area contributed by atoms with E-state index in [0.717, 1.165) is 17.8 Å². The molecular weight excluding hydrogens is 396 g/mol. The van der Waals surface area contributed by atoms with Crippen LogP contribution in [0.15, 0.2) is 33.2 Å². The molecule has 0 bridgehead atoms. The van der Waals surface area contributed by atoms with E-state index in [1.807, 2.05) is 0 Å². The van der Waals surface area contributed by atoms with Crippen molar-refractivity contribution in [3.05, 3.63) is 34.5 Å². The van der Waals surface area contributed by atoms with E-state index in [1.54, 1.807) is 22.9 Å². The van der Waals surface area contributed by atoms with Crippen LogP contribution in [0, 0.1) is 0 Å². The third kappa shape index (κ3) is 3.68. The van der Waals surface area contributed by atoms with Gasteiger partial charge in [0, 0.05) is 6.54 Å². The molecule has 0 aliphatic carbocycles. The van der Waals surface area contributed by atoms with Crippen molar-refractivity contribution in [3.8, 4) is 0 Å². The standard InChI is InChI=1S/C16H18N2O5S3/c1-23-16(20)11-7-10-25-15(11)17-14(19)12-5-2-3-8-18(12)26(21,22)13-6-4-9-24-13/h4,6-7,9-10,12H,2-3,5,8H2,1H3,(H,17,19)/t12-/m0/s1. The Kier molecular flexibility index (Phi) is 5.76. The quantitative estimate of drug-likeness (QED) is 0.760. The maximum atomic E-state index is 12.9. The molecule has 0 saturated carbocycles. The number of sulfonamides is 1. The summed E-state index contributed by atoms with van der Waals surface area (Å²) in [5, 5.41) is 6.42. The molecule has 140 valence electrons. The van der Waals surface area contributed by atoms with Gasteiger partial charge in [-0.15, -0.1) is 22.7 Å². The highest BCUT2D eigenvalue weighted by atomic mass is 32.2. The van der Waals surface area contributed by atoms with Gasteiger partial charge in [0.1, 0.15) is 15.3 Å². The van der Waals surface area contributed by atoms with Crippen LogP contribution in [0.5, 0.6) is 0 Å². The van der Waals surface area contributed by atoms with Crippen molar-refractivity contribution < 1.29 is 22.7 Å². The van der Waals surface area contributed by atoms with Gasteiger partial charge in [-0.2, -0.15) is 4.31 Å². The van der Waals surface area contributed by atoms with Gasteiger partial charge in [-0.25, -0.2) is 13.2 Å². The number of carbonyl (C=O) groups excluding carboxylic acids is 2. The number of hydrogen-bond donors (Lipinski definition) is 1. The molecular formula is C16H18N2O5S3. The first-order valence-corrected chi connectivity index (χ1v) is 11.2. The summed E-state index contributed by atoms with van der Waals surface area (Å²) in [5.41, 5.74) is 0.259. The van der Waals surface area contributed by atoms with Crippen molar-refractivity contribution in [2.45, 2.75) is 29.5 Å². The van der Waals surface area contributed by atoms with Crippen LogP contribution in [0.4, 0.5) is 5.00 Å². The normalized spacial score (nSPS) is 18.4. The second-order valence-corrected chi connectivity index (χ2v) is 9.68. The molecule has 3 rings (SSSR count). The third-order valence-corrected chi connectivity index (χ3v) is 8.23. The van der Waals surface area contributed by atoms with Crippen LogP contribution in [-0.4, -0.2) is 44.3 Å². The molecule has 3 heterocycles. The number of amides is 1.